The minimum atomic E-state index is -3.90. The molecular formula is C22H17FN2O5S. The molecule has 2 aromatic heterocycles. The number of nitrogens with one attached hydrogen (secondary N) is 1. The number of amides is 1. The largest absolute Gasteiger partial charge is 0.494 e. The number of hydrogen-bond acceptors (Lipinski definition) is 6. The van der Waals surface area contributed by atoms with Gasteiger partial charge in [0, 0.05) is 18.1 Å². The fraction of sp³-hybridized carbons (Fsp3) is 0.0909. The number of aromatic nitrogens is 1. The first-order chi connectivity index (χ1) is 14.9. The number of carbonyl (C=O) groups is 1. The lowest BCUT2D eigenvalue weighted by molar-refractivity contribution is 0.0925. The number of fused-ring (bicyclic) bond motifs is 1. The molecule has 0 saturated carbocycles. The number of carbonyl (C=O) groups excluding carboxylic acids is 1. The van der Waals surface area contributed by atoms with Crippen LogP contribution in [-0.4, -0.2) is 26.4 Å². The highest BCUT2D eigenvalue weighted by Crippen LogP contribution is 2.26. The number of methoxy groups -OCH3 is 1. The van der Waals surface area contributed by atoms with E-state index in [1.54, 1.807) is 30.5 Å². The number of furan rings is 1. The second-order valence-electron chi connectivity index (χ2n) is 6.65. The predicted octanol–water partition coefficient (Wildman–Crippen LogP) is 3.74. The van der Waals surface area contributed by atoms with Gasteiger partial charge in [-0.2, -0.15) is 0 Å². The highest BCUT2D eigenvalue weighted by atomic mass is 32.2. The van der Waals surface area contributed by atoms with Crippen molar-refractivity contribution in [1.82, 2.24) is 10.3 Å². The maximum Gasteiger partial charge on any atom is 0.287 e. The van der Waals surface area contributed by atoms with Gasteiger partial charge in [-0.3, -0.25) is 9.78 Å². The van der Waals surface area contributed by atoms with E-state index in [2.05, 4.69) is 10.3 Å². The third kappa shape index (κ3) is 4.13. The van der Waals surface area contributed by atoms with Gasteiger partial charge >= 0.3 is 0 Å². The Hall–Kier alpha value is -3.72. The summed E-state index contributed by atoms with van der Waals surface area (Å²) < 4.78 is 49.7. The van der Waals surface area contributed by atoms with Crippen LogP contribution in [0.1, 0.15) is 16.1 Å². The first kappa shape index (κ1) is 20.5. The summed E-state index contributed by atoms with van der Waals surface area (Å²) in [4.78, 5) is 16.1. The van der Waals surface area contributed by atoms with Crippen molar-refractivity contribution in [3.05, 3.63) is 84.1 Å². The minimum absolute atomic E-state index is 0.0110. The first-order valence-electron chi connectivity index (χ1n) is 9.18. The van der Waals surface area contributed by atoms with E-state index in [0.29, 0.717) is 11.1 Å². The SMILES string of the molecule is COc1ccc(S(=O)(=O)c2ccc(CNC(=O)c3cc4ccncc4o3)cc2)cc1F. The molecule has 31 heavy (non-hydrogen) atoms. The second kappa shape index (κ2) is 8.19. The molecule has 7 nitrogen and oxygen atoms in total. The molecule has 4 rings (SSSR count). The van der Waals surface area contributed by atoms with E-state index in [1.165, 1.54) is 37.6 Å². The summed E-state index contributed by atoms with van der Waals surface area (Å²) >= 11 is 0. The summed E-state index contributed by atoms with van der Waals surface area (Å²) in [5.41, 5.74) is 1.20. The molecular weight excluding hydrogens is 423 g/mol. The monoisotopic (exact) mass is 440 g/mol. The Labute approximate surface area is 177 Å². The average Bonchev–Trinajstić information content (AvgIpc) is 3.22. The molecule has 0 aliphatic heterocycles. The average molecular weight is 440 g/mol. The number of pyridine rings is 1. The van der Waals surface area contributed by atoms with Crippen molar-refractivity contribution in [3.8, 4) is 5.75 Å². The molecule has 0 atom stereocenters. The van der Waals surface area contributed by atoms with Gasteiger partial charge in [0.2, 0.25) is 9.84 Å². The Kier molecular flexibility index (Phi) is 5.43. The smallest absolute Gasteiger partial charge is 0.287 e. The molecule has 0 unspecified atom stereocenters. The van der Waals surface area contributed by atoms with Crippen molar-refractivity contribution in [2.24, 2.45) is 0 Å². The van der Waals surface area contributed by atoms with Gasteiger partial charge in [0.05, 0.1) is 23.1 Å². The van der Waals surface area contributed by atoms with Crippen LogP contribution in [0, 0.1) is 5.82 Å². The zero-order chi connectivity index (χ0) is 22.0. The van der Waals surface area contributed by atoms with E-state index in [1.807, 2.05) is 0 Å². The fourth-order valence-electron chi connectivity index (χ4n) is 3.00. The van der Waals surface area contributed by atoms with E-state index in [9.17, 15) is 17.6 Å². The van der Waals surface area contributed by atoms with Crippen molar-refractivity contribution in [3.63, 3.8) is 0 Å². The molecule has 0 fully saturated rings. The first-order valence-corrected chi connectivity index (χ1v) is 10.7. The predicted molar refractivity (Wildman–Crippen MR) is 110 cm³/mol. The molecule has 1 amide bonds. The minimum Gasteiger partial charge on any atom is -0.494 e. The maximum atomic E-state index is 13.9. The molecule has 9 heteroatoms. The van der Waals surface area contributed by atoms with E-state index < -0.39 is 21.6 Å². The van der Waals surface area contributed by atoms with Crippen LogP contribution in [0.2, 0.25) is 0 Å². The van der Waals surface area contributed by atoms with Crippen molar-refractivity contribution >= 4 is 26.7 Å². The summed E-state index contributed by atoms with van der Waals surface area (Å²) in [6, 6.07) is 12.8. The number of sulfone groups is 1. The van der Waals surface area contributed by atoms with Crippen LogP contribution >= 0.6 is 0 Å². The van der Waals surface area contributed by atoms with Gasteiger partial charge in [0.1, 0.15) is 0 Å². The van der Waals surface area contributed by atoms with Crippen LogP contribution in [0.3, 0.4) is 0 Å². The standard InChI is InChI=1S/C22H17FN2O5S/c1-29-19-7-6-17(11-18(19)23)31(27,28)16-4-2-14(3-5-16)12-25-22(26)20-10-15-8-9-24-13-21(15)30-20/h2-11,13H,12H2,1H3,(H,25,26). The highest BCUT2D eigenvalue weighted by molar-refractivity contribution is 7.91. The number of nitrogens with zero attached hydrogens (tertiary/aromatic N) is 1. The molecule has 0 bridgehead atoms. The number of benzene rings is 2. The summed E-state index contributed by atoms with van der Waals surface area (Å²) in [5, 5.41) is 3.49. The third-order valence-corrected chi connectivity index (χ3v) is 6.43. The Morgan fingerprint density at radius 1 is 1.10 bits per heavy atom. The molecule has 0 aliphatic carbocycles. The summed E-state index contributed by atoms with van der Waals surface area (Å²) in [5.74, 6) is -1.04. The molecule has 0 spiro atoms. The summed E-state index contributed by atoms with van der Waals surface area (Å²) in [6.07, 6.45) is 3.13. The van der Waals surface area contributed by atoms with E-state index >= 15 is 0 Å². The Balaban J connectivity index is 1.46. The Morgan fingerprint density at radius 2 is 1.84 bits per heavy atom. The van der Waals surface area contributed by atoms with Crippen molar-refractivity contribution in [2.75, 3.05) is 7.11 Å². The number of halogens is 1. The quantitative estimate of drug-likeness (QED) is 0.491. The molecule has 0 saturated heterocycles. The van der Waals surface area contributed by atoms with Crippen LogP contribution in [0.5, 0.6) is 5.75 Å². The lowest BCUT2D eigenvalue weighted by Crippen LogP contribution is -2.22. The summed E-state index contributed by atoms with van der Waals surface area (Å²) in [6.45, 7) is 0.172. The third-order valence-electron chi connectivity index (χ3n) is 4.67. The number of rotatable bonds is 6. The van der Waals surface area contributed by atoms with Gasteiger partial charge in [0.25, 0.3) is 5.91 Å². The van der Waals surface area contributed by atoms with E-state index in [4.69, 9.17) is 9.15 Å². The Bertz CT molecular complexity index is 1330. The van der Waals surface area contributed by atoms with Crippen LogP contribution in [-0.2, 0) is 16.4 Å². The van der Waals surface area contributed by atoms with Gasteiger partial charge in [0.15, 0.2) is 22.9 Å². The maximum absolute atomic E-state index is 13.9. The van der Waals surface area contributed by atoms with Gasteiger partial charge < -0.3 is 14.5 Å². The summed E-state index contributed by atoms with van der Waals surface area (Å²) in [7, 11) is -2.60. The van der Waals surface area contributed by atoms with E-state index in [-0.39, 0.29) is 27.8 Å². The van der Waals surface area contributed by atoms with Crippen LogP contribution < -0.4 is 10.1 Å². The van der Waals surface area contributed by atoms with Gasteiger partial charge in [-0.25, -0.2) is 12.8 Å². The van der Waals surface area contributed by atoms with Crippen LogP contribution in [0.15, 0.2) is 81.2 Å². The molecule has 2 aromatic carbocycles. The lowest BCUT2D eigenvalue weighted by atomic mass is 10.2. The molecule has 0 aliphatic rings. The van der Waals surface area contributed by atoms with Gasteiger partial charge in [-0.05, 0) is 48.0 Å². The van der Waals surface area contributed by atoms with Crippen molar-refractivity contribution in [1.29, 1.82) is 0 Å². The van der Waals surface area contributed by atoms with Gasteiger partial charge in [-0.15, -0.1) is 0 Å². The zero-order valence-electron chi connectivity index (χ0n) is 16.3. The molecule has 4 aromatic rings. The Morgan fingerprint density at radius 3 is 2.52 bits per heavy atom. The topological polar surface area (TPSA) is 98.5 Å². The second-order valence-corrected chi connectivity index (χ2v) is 8.60. The molecule has 1 N–H and O–H groups in total. The molecule has 2 heterocycles. The highest BCUT2D eigenvalue weighted by Gasteiger charge is 2.20. The normalized spacial score (nSPS) is 11.4. The van der Waals surface area contributed by atoms with Crippen LogP contribution in [0.25, 0.3) is 11.0 Å². The lowest BCUT2D eigenvalue weighted by Gasteiger charge is -2.08. The number of hydrogen-bond donors (Lipinski definition) is 1. The zero-order valence-corrected chi connectivity index (χ0v) is 17.1. The van der Waals surface area contributed by atoms with E-state index in [0.717, 1.165) is 11.5 Å². The molecule has 0 radical (unpaired) electrons. The van der Waals surface area contributed by atoms with Crippen LogP contribution in [0.4, 0.5) is 4.39 Å². The van der Waals surface area contributed by atoms with Crippen molar-refractivity contribution in [2.45, 2.75) is 16.3 Å². The number of ether oxygens (including phenoxy) is 1. The van der Waals surface area contributed by atoms with Gasteiger partial charge in [-0.1, -0.05) is 12.1 Å². The fourth-order valence-corrected chi connectivity index (χ4v) is 4.27. The molecule has 158 valence electrons. The van der Waals surface area contributed by atoms with Crippen molar-refractivity contribution < 1.29 is 26.8 Å².